The number of nitrogens with two attached hydrogens (primary N) is 4. The van der Waals surface area contributed by atoms with Crippen molar-refractivity contribution in [3.63, 3.8) is 0 Å². The molecule has 47 heteroatoms. The van der Waals surface area contributed by atoms with Gasteiger partial charge in [0.05, 0.1) is 6.61 Å². The molecule has 7 rings (SSSR count). The van der Waals surface area contributed by atoms with Crippen molar-refractivity contribution in [3.8, 4) is 0 Å². The SMILES string of the molecule is CCCC[C@@H]1NC(=O)[C@H](CCCCN)NC(=O)[C@H](CCCNC(=N)N)NC(=O)[C@H](CC(C)C)NC(=O)C(NC(=O)[C@H](Cc2cccc(Cl)c2)NC(=O)[C@@H]2CCCN2C(=O)[C@@H](NC(C)=O)C(C)C)CCSSC[C@@H](C(=O)NC(CCCCN)C(=O)N2CCC[C@H]2C(=O)N2CCC[C@H]2C(=O)N[C@@H](CCC(=O)O)C(N)=O)NC(=O)[C@H](Cc2ccccc2)NC(=O)[C@H](CO)NC(=O)C(C)(C)NC(=O)[C@@H]2CCCN2C1=O. The summed E-state index contributed by atoms with van der Waals surface area (Å²) in [5.41, 5.74) is 22.2. The third kappa shape index (κ3) is 36.5. The first-order chi connectivity index (χ1) is 67.0. The van der Waals surface area contributed by atoms with Gasteiger partial charge in [-0.2, -0.15) is 0 Å². The molecule has 0 radical (unpaired) electrons. The topological polar surface area (TPSA) is 674 Å². The van der Waals surface area contributed by atoms with E-state index in [9.17, 15) is 63.0 Å². The van der Waals surface area contributed by atoms with E-state index < -0.39 is 251 Å². The number of unbranched alkanes of at least 4 members (excludes halogenated alkanes) is 3. The number of aliphatic hydroxyl groups is 1. The number of hydrogen-bond acceptors (Lipinski definition) is 25. The summed E-state index contributed by atoms with van der Waals surface area (Å²) in [5, 5.41) is 66.6. The maximum absolute atomic E-state index is 15.7. The van der Waals surface area contributed by atoms with Crippen molar-refractivity contribution in [3.05, 3.63) is 70.7 Å². The number of fused-ring (bicyclic) bond motifs is 1. The minimum atomic E-state index is -1.92. The molecule has 782 valence electrons. The molecule has 2 unspecified atom stereocenters. The Kier molecular flexibility index (Phi) is 48.1. The van der Waals surface area contributed by atoms with Crippen LogP contribution in [0.25, 0.3) is 0 Å². The van der Waals surface area contributed by atoms with E-state index in [0.717, 1.165) is 21.6 Å². The minimum Gasteiger partial charge on any atom is -0.481 e. The summed E-state index contributed by atoms with van der Waals surface area (Å²) in [4.78, 5) is 282. The van der Waals surface area contributed by atoms with Gasteiger partial charge in [-0.1, -0.05) is 123 Å². The van der Waals surface area contributed by atoms with Crippen LogP contribution >= 0.6 is 33.2 Å². The van der Waals surface area contributed by atoms with Gasteiger partial charge >= 0.3 is 5.97 Å². The monoisotopic (exact) mass is 2030 g/mol. The van der Waals surface area contributed by atoms with Gasteiger partial charge in [0.15, 0.2) is 5.96 Å². The highest BCUT2D eigenvalue weighted by Crippen LogP contribution is 2.31. The third-order valence-electron chi connectivity index (χ3n) is 25.3. The Labute approximate surface area is 835 Å². The fourth-order valence-electron chi connectivity index (χ4n) is 17.6. The number of guanidine groups is 1. The first-order valence-electron chi connectivity index (χ1n) is 48.8. The van der Waals surface area contributed by atoms with Crippen LogP contribution in [-0.4, -0.2) is 314 Å². The molecule has 16 atom stereocenters. The van der Waals surface area contributed by atoms with Crippen molar-refractivity contribution in [1.82, 2.24) is 94.0 Å². The molecule has 0 saturated carbocycles. The van der Waals surface area contributed by atoms with Crippen LogP contribution in [0.5, 0.6) is 0 Å². The molecule has 25 N–H and O–H groups in total. The average molecular weight is 2030 g/mol. The largest absolute Gasteiger partial charge is 0.481 e. The lowest BCUT2D eigenvalue weighted by Crippen LogP contribution is -2.63. The van der Waals surface area contributed by atoms with Crippen LogP contribution in [0.4, 0.5) is 0 Å². The Morgan fingerprint density at radius 1 is 0.567 bits per heavy atom. The number of rotatable bonds is 39. The van der Waals surface area contributed by atoms with Gasteiger partial charge in [0.1, 0.15) is 102 Å². The summed E-state index contributed by atoms with van der Waals surface area (Å²) in [6.07, 6.45) is 1.73. The molecule has 5 aliphatic heterocycles. The molecule has 0 aromatic heterocycles. The molecular formula is C94H146ClN23O21S2. The summed E-state index contributed by atoms with van der Waals surface area (Å²) in [5.74, 6) is -18.3. The van der Waals surface area contributed by atoms with Crippen LogP contribution in [0, 0.1) is 17.2 Å². The zero-order valence-corrected chi connectivity index (χ0v) is 84.2. The number of carboxylic acid groups (broad SMARTS) is 1. The van der Waals surface area contributed by atoms with Crippen molar-refractivity contribution in [2.45, 2.75) is 318 Å². The van der Waals surface area contributed by atoms with Crippen LogP contribution < -0.4 is 97.4 Å². The lowest BCUT2D eigenvalue weighted by Gasteiger charge is -2.33. The summed E-state index contributed by atoms with van der Waals surface area (Å²) in [6.45, 7) is 12.1. The molecule has 0 bridgehead atoms. The van der Waals surface area contributed by atoms with Gasteiger partial charge in [-0.05, 0) is 190 Å². The predicted molar refractivity (Wildman–Crippen MR) is 527 cm³/mol. The molecule has 5 aliphatic rings. The highest BCUT2D eigenvalue weighted by molar-refractivity contribution is 8.76. The van der Waals surface area contributed by atoms with E-state index in [2.05, 4.69) is 74.4 Å². The number of likely N-dealkylation sites (tertiary alicyclic amines) is 3. The number of carboxylic acids is 1. The Balaban J connectivity index is 1.35. The lowest BCUT2D eigenvalue weighted by atomic mass is 10.0. The second-order valence-corrected chi connectivity index (χ2v) is 40.8. The molecule has 2 aromatic carbocycles. The number of primary amides is 1. The summed E-state index contributed by atoms with van der Waals surface area (Å²) in [7, 11) is 1.93. The molecule has 0 spiro atoms. The first kappa shape index (κ1) is 116. The second kappa shape index (κ2) is 58.2. The van der Waals surface area contributed by atoms with Crippen LogP contribution in [0.2, 0.25) is 5.02 Å². The van der Waals surface area contributed by atoms with Crippen molar-refractivity contribution >= 4 is 151 Å². The molecule has 44 nitrogen and oxygen atoms in total. The van der Waals surface area contributed by atoms with Gasteiger partial charge < -0.3 is 127 Å². The van der Waals surface area contributed by atoms with Gasteiger partial charge in [0, 0.05) is 75.4 Å². The van der Waals surface area contributed by atoms with E-state index in [1.807, 2.05) is 6.92 Å². The zero-order chi connectivity index (χ0) is 104. The minimum absolute atomic E-state index is 0.00753. The summed E-state index contributed by atoms with van der Waals surface area (Å²) >= 11 is 6.55. The zero-order valence-electron chi connectivity index (χ0n) is 81.8. The fraction of sp³-hybridized carbons (Fsp3) is 0.660. The van der Waals surface area contributed by atoms with E-state index in [1.54, 1.807) is 82.3 Å². The Bertz CT molecular complexity index is 4680. The van der Waals surface area contributed by atoms with Gasteiger partial charge in [0.25, 0.3) is 0 Å². The number of aliphatic hydroxyl groups excluding tert-OH is 1. The van der Waals surface area contributed by atoms with Gasteiger partial charge in [0.2, 0.25) is 106 Å². The molecule has 2 aromatic rings. The van der Waals surface area contributed by atoms with Crippen LogP contribution in [0.3, 0.4) is 0 Å². The maximum Gasteiger partial charge on any atom is 0.303 e. The van der Waals surface area contributed by atoms with Crippen molar-refractivity contribution < 1.29 is 101 Å². The molecule has 141 heavy (non-hydrogen) atoms. The highest BCUT2D eigenvalue weighted by atomic mass is 35.5. The number of nitrogens with zero attached hydrogens (tertiary/aromatic N) is 4. The predicted octanol–water partition coefficient (Wildman–Crippen LogP) is -1.64. The highest BCUT2D eigenvalue weighted by Gasteiger charge is 2.48. The number of nitrogens with one attached hydrogen (secondary N) is 15. The molecule has 0 aliphatic carbocycles. The Morgan fingerprint density at radius 2 is 1.12 bits per heavy atom. The Morgan fingerprint density at radius 3 is 1.72 bits per heavy atom. The molecule has 18 amide bonds. The normalized spacial score (nSPS) is 23.8. The molecular weight excluding hydrogens is 1890 g/mol. The van der Waals surface area contributed by atoms with E-state index >= 15 is 38.4 Å². The van der Waals surface area contributed by atoms with Gasteiger partial charge in [-0.15, -0.1) is 0 Å². The van der Waals surface area contributed by atoms with Gasteiger partial charge in [-0.25, -0.2) is 0 Å². The van der Waals surface area contributed by atoms with Crippen molar-refractivity contribution in [1.29, 1.82) is 5.41 Å². The fourth-order valence-corrected chi connectivity index (χ4v) is 20.1. The van der Waals surface area contributed by atoms with Crippen molar-refractivity contribution in [2.75, 3.05) is 63.9 Å². The number of hydrogen-bond donors (Lipinski definition) is 21. The van der Waals surface area contributed by atoms with E-state index in [1.165, 1.54) is 40.4 Å². The number of amides is 18. The summed E-state index contributed by atoms with van der Waals surface area (Å²) in [6, 6.07) is -8.28. The van der Waals surface area contributed by atoms with E-state index in [4.69, 9.17) is 39.9 Å². The van der Waals surface area contributed by atoms with E-state index in [-0.39, 0.29) is 166 Å². The number of carbonyl (C=O) groups is 19. The third-order valence-corrected chi connectivity index (χ3v) is 27.9. The second-order valence-electron chi connectivity index (χ2n) is 37.7. The number of halogens is 1. The van der Waals surface area contributed by atoms with Crippen molar-refractivity contribution in [2.24, 2.45) is 34.8 Å². The van der Waals surface area contributed by atoms with E-state index in [0.29, 0.717) is 56.1 Å². The summed E-state index contributed by atoms with van der Waals surface area (Å²) < 4.78 is 0. The average Bonchev–Trinajstić information content (AvgIpc) is 1.65. The maximum atomic E-state index is 15.7. The number of carbonyl (C=O) groups excluding carboxylic acids is 18. The standard InChI is InChI=1S/C94H146ClN23O21S2/c1-9-10-28-63-88(135)115-42-22-34-72(115)87(134)114-94(7,8)92(139)113-68(51-119)83(130)110-66(49-56-24-12-11-13-25-56)82(129)112-69(84(131)108-64(30-15-17-40-97)89(136)118-45-23-35-73(118)90(137)116-43-20-32-70(116)85(132)103-59(76(98)123)36-37-74(121)122)52-141-140-46-38-62(79(126)109-65(47-53(2)3)80(127)105-61(31-19-41-101-93(99)100)77(124)104-60(78(125)107-63)29-14-16-39-96)106-81(128)67(50-57-26-18-27-58(95)48-57)111-86(133)71-33-21-44-117(71)91(138)75(54(4)5)102-55(6)120/h11-13,18,24-27,48,53-54,59-73,75,119H,9-10,14-17,19-23,28-47,49-52,96-97H2,1-8H3,(H2,98,123)(H,102,120)(H,103,132)(H,104,124)(H,105,127)(H,106,128)(H,107,125)(H,108,131)(H,109,126)(H,110,130)(H,111,133)(H,112,129)(H,113,139)(H,114,134)(H,121,122)(H4,99,100,101)/t59-,60-,61-,62?,63-,64?,65-,66-,67-,68-,69-,70-,71-,72-,73-,75-/m0/s1. The van der Waals surface area contributed by atoms with Crippen LogP contribution in [0.1, 0.15) is 214 Å². The number of aliphatic carboxylic acids is 1. The van der Waals surface area contributed by atoms with Gasteiger partial charge in [-0.3, -0.25) is 96.5 Å². The Hall–Kier alpha value is -11.5. The number of benzene rings is 2. The molecule has 5 fully saturated rings. The molecule has 5 heterocycles. The molecule has 5 saturated heterocycles. The lowest BCUT2D eigenvalue weighted by molar-refractivity contribution is -0.148. The smallest absolute Gasteiger partial charge is 0.303 e. The quantitative estimate of drug-likeness (QED) is 0.0154. The first-order valence-corrected chi connectivity index (χ1v) is 51.7. The van der Waals surface area contributed by atoms with Crippen LogP contribution in [-0.2, 0) is 104 Å². The van der Waals surface area contributed by atoms with Crippen LogP contribution in [0.15, 0.2) is 54.6 Å².